The van der Waals surface area contributed by atoms with Gasteiger partial charge >= 0.3 is 5.82 Å². The predicted molar refractivity (Wildman–Crippen MR) is 128 cm³/mol. The molecule has 0 atom stereocenters. The van der Waals surface area contributed by atoms with Gasteiger partial charge in [0, 0.05) is 19.2 Å². The third-order valence-electron chi connectivity index (χ3n) is 6.85. The lowest BCUT2D eigenvalue weighted by molar-refractivity contribution is -0.389. The Morgan fingerprint density at radius 1 is 1.10 bits per heavy atom. The van der Waals surface area contributed by atoms with Gasteiger partial charge in [0.1, 0.15) is 0 Å². The van der Waals surface area contributed by atoms with Gasteiger partial charge < -0.3 is 19.4 Å². The first-order chi connectivity index (χ1) is 14.5. The molecule has 7 heteroatoms. The fourth-order valence-electron chi connectivity index (χ4n) is 3.65. The Morgan fingerprint density at radius 2 is 1.71 bits per heavy atom. The molecule has 2 heterocycles. The maximum absolute atomic E-state index is 10.8. The smallest absolute Gasteiger partial charge is 0.363 e. The molecule has 1 saturated heterocycles. The lowest BCUT2D eigenvalue weighted by atomic mass is 9.90. The highest BCUT2D eigenvalue weighted by Gasteiger charge is 2.37. The van der Waals surface area contributed by atoms with Crippen LogP contribution in [0, 0.1) is 16.0 Å². The van der Waals surface area contributed by atoms with Crippen molar-refractivity contribution in [1.82, 2.24) is 4.98 Å². The number of piperidine rings is 1. The number of nitro groups is 1. The monoisotopic (exact) mass is 441 g/mol. The third-order valence-corrected chi connectivity index (χ3v) is 11.3. The lowest BCUT2D eigenvalue weighted by Gasteiger charge is -2.36. The van der Waals surface area contributed by atoms with Crippen LogP contribution in [0.5, 0.6) is 0 Å². The van der Waals surface area contributed by atoms with Crippen LogP contribution in [0.2, 0.25) is 18.1 Å². The zero-order chi connectivity index (χ0) is 22.6. The molecule has 0 aliphatic carbocycles. The largest absolute Gasteiger partial charge is 0.413 e. The molecule has 1 fully saturated rings. The predicted octanol–water partition coefficient (Wildman–Crippen LogP) is 5.97. The summed E-state index contributed by atoms with van der Waals surface area (Å²) in [7, 11) is -1.72. The van der Waals surface area contributed by atoms with Gasteiger partial charge in [0.2, 0.25) is 0 Å². The minimum Gasteiger partial charge on any atom is -0.413 e. The first-order valence-corrected chi connectivity index (χ1v) is 14.0. The molecular formula is C24H35N3O3Si. The van der Waals surface area contributed by atoms with Crippen molar-refractivity contribution in [3.63, 3.8) is 0 Å². The molecule has 0 spiro atoms. The van der Waals surface area contributed by atoms with E-state index in [1.165, 1.54) is 17.2 Å². The van der Waals surface area contributed by atoms with Crippen molar-refractivity contribution in [2.24, 2.45) is 5.92 Å². The first kappa shape index (κ1) is 23.4. The summed E-state index contributed by atoms with van der Waals surface area (Å²) >= 11 is 0. The number of rotatable bonds is 7. The molecular weight excluding hydrogens is 406 g/mol. The summed E-state index contributed by atoms with van der Waals surface area (Å²) in [6, 6.07) is 12.2. The van der Waals surface area contributed by atoms with Gasteiger partial charge in [-0.25, -0.2) is 0 Å². The van der Waals surface area contributed by atoms with Gasteiger partial charge in [0.25, 0.3) is 0 Å². The molecule has 2 aromatic rings. The van der Waals surface area contributed by atoms with Crippen molar-refractivity contribution in [1.29, 1.82) is 0 Å². The molecule has 0 saturated carbocycles. The van der Waals surface area contributed by atoms with Crippen molar-refractivity contribution in [2.75, 3.05) is 18.0 Å². The molecule has 168 valence electrons. The van der Waals surface area contributed by atoms with Crippen molar-refractivity contribution in [3.05, 3.63) is 63.8 Å². The van der Waals surface area contributed by atoms with Gasteiger partial charge in [-0.15, -0.1) is 0 Å². The Hall–Kier alpha value is -2.25. The Balaban J connectivity index is 1.48. The number of anilines is 1. The number of aromatic nitrogens is 1. The van der Waals surface area contributed by atoms with E-state index in [0.717, 1.165) is 38.0 Å². The molecule has 0 bridgehead atoms. The highest BCUT2D eigenvalue weighted by Crippen LogP contribution is 2.37. The SMILES string of the molecule is CC(C)(C)[Si](C)(C)OCc1ccc(CC2CCN(c3ccc([N+](=O)[O-])nc3)CC2)cc1. The van der Waals surface area contributed by atoms with E-state index in [-0.39, 0.29) is 10.9 Å². The van der Waals surface area contributed by atoms with Gasteiger partial charge in [-0.2, -0.15) is 0 Å². The fraction of sp³-hybridized carbons (Fsp3) is 0.542. The van der Waals surface area contributed by atoms with Gasteiger partial charge in [-0.05, 0) is 70.4 Å². The number of nitrogens with zero attached hydrogens (tertiary/aromatic N) is 3. The second-order valence-corrected chi connectivity index (χ2v) is 14.9. The molecule has 0 amide bonds. The summed E-state index contributed by atoms with van der Waals surface area (Å²) in [6.07, 6.45) is 4.94. The van der Waals surface area contributed by atoms with E-state index in [0.29, 0.717) is 12.5 Å². The summed E-state index contributed by atoms with van der Waals surface area (Å²) in [4.78, 5) is 16.5. The molecule has 1 aliphatic heterocycles. The van der Waals surface area contributed by atoms with Crippen LogP contribution in [0.4, 0.5) is 11.5 Å². The van der Waals surface area contributed by atoms with E-state index in [9.17, 15) is 10.1 Å². The van der Waals surface area contributed by atoms with Gasteiger partial charge in [0.15, 0.2) is 14.5 Å². The van der Waals surface area contributed by atoms with Crippen LogP contribution >= 0.6 is 0 Å². The maximum Gasteiger partial charge on any atom is 0.363 e. The van der Waals surface area contributed by atoms with E-state index in [2.05, 4.69) is 68.0 Å². The second-order valence-electron chi connectivity index (χ2n) is 10.1. The topological polar surface area (TPSA) is 68.5 Å². The van der Waals surface area contributed by atoms with Crippen LogP contribution in [0.1, 0.15) is 44.7 Å². The zero-order valence-electron chi connectivity index (χ0n) is 19.4. The average Bonchev–Trinajstić information content (AvgIpc) is 2.73. The van der Waals surface area contributed by atoms with Gasteiger partial charge in [0.05, 0.1) is 12.3 Å². The number of hydrogen-bond acceptors (Lipinski definition) is 5. The standard InChI is InChI=1S/C24H35N3O3Si/c1-24(2,3)31(4,5)30-18-21-8-6-19(7-9-21)16-20-12-14-26(15-13-20)22-10-11-23(25-17-22)27(28)29/h6-11,17,20H,12-16,18H2,1-5H3. The Bertz CT molecular complexity index is 868. The molecule has 1 aliphatic rings. The summed E-state index contributed by atoms with van der Waals surface area (Å²) < 4.78 is 6.34. The zero-order valence-corrected chi connectivity index (χ0v) is 20.4. The number of hydrogen-bond donors (Lipinski definition) is 0. The van der Waals surface area contributed by atoms with Crippen LogP contribution in [0.15, 0.2) is 42.6 Å². The van der Waals surface area contributed by atoms with E-state index < -0.39 is 13.2 Å². The van der Waals surface area contributed by atoms with Crippen LogP contribution < -0.4 is 4.90 Å². The quantitative estimate of drug-likeness (QED) is 0.301. The minimum absolute atomic E-state index is 0.100. The van der Waals surface area contributed by atoms with Crippen molar-refractivity contribution in [3.8, 4) is 0 Å². The Morgan fingerprint density at radius 3 is 2.23 bits per heavy atom. The number of pyridine rings is 1. The molecule has 0 unspecified atom stereocenters. The van der Waals surface area contributed by atoms with Crippen molar-refractivity contribution >= 4 is 19.8 Å². The Kier molecular flexibility index (Phi) is 7.16. The third kappa shape index (κ3) is 6.14. The summed E-state index contributed by atoms with van der Waals surface area (Å²) in [6.45, 7) is 14.0. The van der Waals surface area contributed by atoms with Gasteiger partial charge in [-0.3, -0.25) is 0 Å². The number of benzene rings is 1. The van der Waals surface area contributed by atoms with Crippen LogP contribution in [0.3, 0.4) is 0 Å². The van der Waals surface area contributed by atoms with Crippen molar-refractivity contribution < 1.29 is 9.35 Å². The molecule has 0 radical (unpaired) electrons. The summed E-state index contributed by atoms with van der Waals surface area (Å²) in [5.74, 6) is 0.563. The van der Waals surface area contributed by atoms with Crippen LogP contribution in [-0.4, -0.2) is 31.3 Å². The van der Waals surface area contributed by atoms with Crippen molar-refractivity contribution in [2.45, 2.75) is 64.8 Å². The fourth-order valence-corrected chi connectivity index (χ4v) is 4.61. The summed E-state index contributed by atoms with van der Waals surface area (Å²) in [5.41, 5.74) is 3.59. The van der Waals surface area contributed by atoms with E-state index in [1.54, 1.807) is 12.3 Å². The molecule has 1 aromatic heterocycles. The molecule has 0 N–H and O–H groups in total. The van der Waals surface area contributed by atoms with Crippen LogP contribution in [0.25, 0.3) is 0 Å². The van der Waals surface area contributed by atoms with Gasteiger partial charge in [-0.1, -0.05) is 45.0 Å². The van der Waals surface area contributed by atoms with E-state index in [4.69, 9.17) is 4.43 Å². The first-order valence-electron chi connectivity index (χ1n) is 11.1. The second kappa shape index (κ2) is 9.49. The molecule has 31 heavy (non-hydrogen) atoms. The molecule has 6 nitrogen and oxygen atoms in total. The molecule has 3 rings (SSSR count). The Labute approximate surface area is 186 Å². The summed E-state index contributed by atoms with van der Waals surface area (Å²) in [5, 5.41) is 11.0. The normalized spacial score (nSPS) is 15.8. The van der Waals surface area contributed by atoms with Crippen LogP contribution in [-0.2, 0) is 17.5 Å². The van der Waals surface area contributed by atoms with E-state index >= 15 is 0 Å². The average molecular weight is 442 g/mol. The molecule has 1 aromatic carbocycles. The van der Waals surface area contributed by atoms with E-state index in [1.807, 2.05) is 0 Å². The highest BCUT2D eigenvalue weighted by atomic mass is 28.4. The lowest BCUT2D eigenvalue weighted by Crippen LogP contribution is -2.40. The maximum atomic E-state index is 10.8. The highest BCUT2D eigenvalue weighted by molar-refractivity contribution is 6.74. The minimum atomic E-state index is -1.72.